The standard InChI is InChI=1S/C18H11ClS2/c19-12-6-7-16(20)14(10-12)11-5-8-18-15(9-11)13-3-1-2-4-17(13)21-18/h1-10,20H. The Morgan fingerprint density at radius 3 is 2.52 bits per heavy atom. The van der Waals surface area contributed by atoms with Crippen LogP contribution in [0.2, 0.25) is 5.02 Å². The normalized spacial score (nSPS) is 11.3. The minimum atomic E-state index is 0.734. The van der Waals surface area contributed by atoms with Gasteiger partial charge in [-0.1, -0.05) is 35.9 Å². The summed E-state index contributed by atoms with van der Waals surface area (Å²) < 4.78 is 2.63. The molecule has 0 atom stereocenters. The zero-order valence-electron chi connectivity index (χ0n) is 11.0. The molecule has 0 unspecified atom stereocenters. The Kier molecular flexibility index (Phi) is 3.18. The van der Waals surface area contributed by atoms with Gasteiger partial charge in [-0.2, -0.15) is 0 Å². The van der Waals surface area contributed by atoms with Crippen LogP contribution >= 0.6 is 35.6 Å². The molecule has 0 bridgehead atoms. The Balaban J connectivity index is 2.02. The van der Waals surface area contributed by atoms with Crippen LogP contribution in [0.5, 0.6) is 0 Å². The van der Waals surface area contributed by atoms with Crippen molar-refractivity contribution in [3.63, 3.8) is 0 Å². The van der Waals surface area contributed by atoms with Crippen LogP contribution in [-0.4, -0.2) is 0 Å². The molecule has 0 aliphatic heterocycles. The number of fused-ring (bicyclic) bond motifs is 3. The van der Waals surface area contributed by atoms with Crippen molar-refractivity contribution >= 4 is 55.7 Å². The number of benzene rings is 3. The monoisotopic (exact) mass is 326 g/mol. The highest BCUT2D eigenvalue weighted by molar-refractivity contribution is 7.80. The quantitative estimate of drug-likeness (QED) is 0.371. The van der Waals surface area contributed by atoms with Crippen molar-refractivity contribution in [1.82, 2.24) is 0 Å². The van der Waals surface area contributed by atoms with Crippen molar-refractivity contribution in [3.05, 3.63) is 65.7 Å². The largest absolute Gasteiger partial charge is 0.143 e. The Morgan fingerprint density at radius 2 is 1.62 bits per heavy atom. The first-order valence-corrected chi connectivity index (χ1v) is 8.27. The summed E-state index contributed by atoms with van der Waals surface area (Å²) in [6.07, 6.45) is 0. The first-order chi connectivity index (χ1) is 10.2. The molecule has 1 heterocycles. The van der Waals surface area contributed by atoms with Crippen LogP contribution in [-0.2, 0) is 0 Å². The van der Waals surface area contributed by atoms with Gasteiger partial charge in [0.15, 0.2) is 0 Å². The lowest BCUT2D eigenvalue weighted by Crippen LogP contribution is -1.80. The number of rotatable bonds is 1. The lowest BCUT2D eigenvalue weighted by molar-refractivity contribution is 1.46. The molecule has 0 saturated heterocycles. The fourth-order valence-electron chi connectivity index (χ4n) is 2.63. The van der Waals surface area contributed by atoms with E-state index in [1.54, 1.807) is 0 Å². The predicted molar refractivity (Wildman–Crippen MR) is 97.0 cm³/mol. The Labute approximate surface area is 137 Å². The van der Waals surface area contributed by atoms with E-state index in [1.165, 1.54) is 20.2 Å². The van der Waals surface area contributed by atoms with E-state index in [0.29, 0.717) is 0 Å². The molecule has 0 fully saturated rings. The summed E-state index contributed by atoms with van der Waals surface area (Å²) in [5, 5.41) is 3.33. The summed E-state index contributed by atoms with van der Waals surface area (Å²) in [5.41, 5.74) is 2.22. The highest BCUT2D eigenvalue weighted by Gasteiger charge is 2.08. The van der Waals surface area contributed by atoms with Crippen LogP contribution in [0.15, 0.2) is 65.6 Å². The zero-order chi connectivity index (χ0) is 14.4. The van der Waals surface area contributed by atoms with Gasteiger partial charge in [-0.15, -0.1) is 24.0 Å². The van der Waals surface area contributed by atoms with Gasteiger partial charge in [0.25, 0.3) is 0 Å². The van der Waals surface area contributed by atoms with Crippen LogP contribution in [0.1, 0.15) is 0 Å². The third kappa shape index (κ3) is 2.24. The SMILES string of the molecule is Sc1ccc(Cl)cc1-c1ccc2sc3ccccc3c2c1. The molecule has 1 aromatic heterocycles. The van der Waals surface area contributed by atoms with Crippen LogP contribution in [0.3, 0.4) is 0 Å². The van der Waals surface area contributed by atoms with Gasteiger partial charge in [-0.05, 0) is 47.5 Å². The molecule has 0 radical (unpaired) electrons. The van der Waals surface area contributed by atoms with Gasteiger partial charge in [0.2, 0.25) is 0 Å². The number of hydrogen-bond donors (Lipinski definition) is 1. The summed E-state index contributed by atoms with van der Waals surface area (Å²) in [6, 6.07) is 20.9. The molecule has 3 heteroatoms. The maximum absolute atomic E-state index is 6.13. The topological polar surface area (TPSA) is 0 Å². The molecule has 0 amide bonds. The van der Waals surface area contributed by atoms with Gasteiger partial charge < -0.3 is 0 Å². The number of thiol groups is 1. The number of thiophene rings is 1. The van der Waals surface area contributed by atoms with Crippen molar-refractivity contribution in [2.75, 3.05) is 0 Å². The zero-order valence-corrected chi connectivity index (χ0v) is 13.5. The van der Waals surface area contributed by atoms with Crippen LogP contribution in [0, 0.1) is 0 Å². The van der Waals surface area contributed by atoms with Crippen LogP contribution in [0.25, 0.3) is 31.3 Å². The Hall–Kier alpha value is -1.48. The third-order valence-electron chi connectivity index (χ3n) is 3.65. The minimum Gasteiger partial charge on any atom is -0.143 e. The third-order valence-corrected chi connectivity index (χ3v) is 5.42. The Bertz CT molecular complexity index is 969. The smallest absolute Gasteiger partial charge is 0.0412 e. The lowest BCUT2D eigenvalue weighted by atomic mass is 10.0. The van der Waals surface area contributed by atoms with E-state index in [9.17, 15) is 0 Å². The van der Waals surface area contributed by atoms with Crippen molar-refractivity contribution < 1.29 is 0 Å². The second-order valence-electron chi connectivity index (χ2n) is 4.97. The Morgan fingerprint density at radius 1 is 0.810 bits per heavy atom. The summed E-state index contributed by atoms with van der Waals surface area (Å²) >= 11 is 12.5. The highest BCUT2D eigenvalue weighted by atomic mass is 35.5. The first-order valence-electron chi connectivity index (χ1n) is 6.62. The molecule has 102 valence electrons. The molecule has 3 aromatic carbocycles. The highest BCUT2D eigenvalue weighted by Crippen LogP contribution is 2.37. The molecule has 4 rings (SSSR count). The second kappa shape index (κ2) is 5.06. The van der Waals surface area contributed by atoms with E-state index in [1.807, 2.05) is 29.5 Å². The van der Waals surface area contributed by atoms with Gasteiger partial charge >= 0.3 is 0 Å². The maximum Gasteiger partial charge on any atom is 0.0412 e. The van der Waals surface area contributed by atoms with Gasteiger partial charge in [0, 0.05) is 30.1 Å². The van der Waals surface area contributed by atoms with E-state index in [2.05, 4.69) is 55.1 Å². The van der Waals surface area contributed by atoms with E-state index < -0.39 is 0 Å². The predicted octanol–water partition coefficient (Wildman–Crippen LogP) is 6.66. The van der Waals surface area contributed by atoms with Crippen molar-refractivity contribution in [2.45, 2.75) is 4.90 Å². The number of halogens is 1. The fourth-order valence-corrected chi connectivity index (χ4v) is 4.16. The summed E-state index contributed by atoms with van der Waals surface area (Å²) in [5.74, 6) is 0. The van der Waals surface area contributed by atoms with Crippen molar-refractivity contribution in [1.29, 1.82) is 0 Å². The summed E-state index contributed by atoms with van der Waals surface area (Å²) in [4.78, 5) is 0.943. The summed E-state index contributed by atoms with van der Waals surface area (Å²) in [6.45, 7) is 0. The molecular formula is C18H11ClS2. The molecular weight excluding hydrogens is 316 g/mol. The fraction of sp³-hybridized carbons (Fsp3) is 0. The molecule has 0 aliphatic rings. The number of hydrogen-bond acceptors (Lipinski definition) is 2. The van der Waals surface area contributed by atoms with Crippen molar-refractivity contribution in [3.8, 4) is 11.1 Å². The van der Waals surface area contributed by atoms with Crippen LogP contribution < -0.4 is 0 Å². The molecule has 0 N–H and O–H groups in total. The van der Waals surface area contributed by atoms with Crippen molar-refractivity contribution in [2.24, 2.45) is 0 Å². The molecule has 4 aromatic rings. The van der Waals surface area contributed by atoms with E-state index >= 15 is 0 Å². The van der Waals surface area contributed by atoms with Gasteiger partial charge in [0.05, 0.1) is 0 Å². The molecule has 0 saturated carbocycles. The van der Waals surface area contributed by atoms with Gasteiger partial charge in [0.1, 0.15) is 0 Å². The molecule has 0 nitrogen and oxygen atoms in total. The van der Waals surface area contributed by atoms with Crippen LogP contribution in [0.4, 0.5) is 0 Å². The van der Waals surface area contributed by atoms with E-state index in [0.717, 1.165) is 21.0 Å². The first kappa shape index (κ1) is 13.2. The lowest BCUT2D eigenvalue weighted by Gasteiger charge is -2.06. The average Bonchev–Trinajstić information content (AvgIpc) is 2.87. The van der Waals surface area contributed by atoms with Gasteiger partial charge in [-0.3, -0.25) is 0 Å². The van der Waals surface area contributed by atoms with E-state index in [4.69, 9.17) is 11.6 Å². The average molecular weight is 327 g/mol. The second-order valence-corrected chi connectivity index (χ2v) is 6.97. The van der Waals surface area contributed by atoms with E-state index in [-0.39, 0.29) is 0 Å². The molecule has 0 spiro atoms. The summed E-state index contributed by atoms with van der Waals surface area (Å²) in [7, 11) is 0. The molecule has 21 heavy (non-hydrogen) atoms. The maximum atomic E-state index is 6.13. The van der Waals surface area contributed by atoms with Gasteiger partial charge in [-0.25, -0.2) is 0 Å². The minimum absolute atomic E-state index is 0.734. The molecule has 0 aliphatic carbocycles.